The quantitative estimate of drug-likeness (QED) is 0.688. The molecule has 2 saturated heterocycles. The van der Waals surface area contributed by atoms with Gasteiger partial charge in [-0.3, -0.25) is 14.6 Å². The molecule has 0 atom stereocenters. The summed E-state index contributed by atoms with van der Waals surface area (Å²) in [5.41, 5.74) is 0.0533. The Balaban J connectivity index is 1.79. The highest BCUT2D eigenvalue weighted by Crippen LogP contribution is 2.24. The van der Waals surface area contributed by atoms with Crippen molar-refractivity contribution in [3.05, 3.63) is 0 Å². The van der Waals surface area contributed by atoms with Gasteiger partial charge in [-0.25, -0.2) is 8.42 Å². The molecule has 2 rings (SSSR count). The first-order valence-corrected chi connectivity index (χ1v) is 11.9. The number of sulfonamides is 1. The van der Waals surface area contributed by atoms with Crippen molar-refractivity contribution < 1.29 is 13.2 Å². The predicted molar refractivity (Wildman–Crippen MR) is 109 cm³/mol. The third-order valence-corrected chi connectivity index (χ3v) is 7.40. The summed E-state index contributed by atoms with van der Waals surface area (Å²) in [4.78, 5) is 19.4. The van der Waals surface area contributed by atoms with E-state index in [1.165, 1.54) is 6.26 Å². The van der Waals surface area contributed by atoms with Crippen LogP contribution in [0.4, 0.5) is 0 Å². The van der Waals surface area contributed by atoms with Crippen LogP contribution in [0.3, 0.4) is 0 Å². The Morgan fingerprint density at radius 1 is 0.815 bits per heavy atom. The van der Waals surface area contributed by atoms with Crippen LogP contribution in [-0.2, 0) is 14.8 Å². The zero-order valence-electron chi connectivity index (χ0n) is 18.0. The molecular formula is C19H38N4O3S. The summed E-state index contributed by atoms with van der Waals surface area (Å²) in [5.74, 6) is 0.242. The molecule has 7 nitrogen and oxygen atoms in total. The van der Waals surface area contributed by atoms with Crippen LogP contribution in [0, 0.1) is 0 Å². The summed E-state index contributed by atoms with van der Waals surface area (Å²) in [7, 11) is -3.11. The van der Waals surface area contributed by atoms with Crippen LogP contribution in [0.15, 0.2) is 0 Å². The fourth-order valence-electron chi connectivity index (χ4n) is 3.98. The number of amides is 1. The summed E-state index contributed by atoms with van der Waals surface area (Å²) in [6.45, 7) is 17.0. The monoisotopic (exact) mass is 402 g/mol. The molecule has 8 heteroatoms. The topological polar surface area (TPSA) is 64.2 Å². The van der Waals surface area contributed by atoms with Gasteiger partial charge in [0.25, 0.3) is 0 Å². The van der Waals surface area contributed by atoms with Crippen molar-refractivity contribution >= 4 is 15.9 Å². The third kappa shape index (κ3) is 6.14. The highest BCUT2D eigenvalue weighted by Gasteiger charge is 2.33. The summed E-state index contributed by atoms with van der Waals surface area (Å²) < 4.78 is 24.9. The minimum Gasteiger partial charge on any atom is -0.340 e. The lowest BCUT2D eigenvalue weighted by Gasteiger charge is -2.44. The summed E-state index contributed by atoms with van der Waals surface area (Å²) in [5, 5.41) is 0. The molecule has 2 fully saturated rings. The Morgan fingerprint density at radius 3 is 1.74 bits per heavy atom. The van der Waals surface area contributed by atoms with E-state index in [0.717, 1.165) is 45.7 Å². The molecule has 0 N–H and O–H groups in total. The zero-order valence-corrected chi connectivity index (χ0v) is 18.8. The second kappa shape index (κ2) is 8.35. The summed E-state index contributed by atoms with van der Waals surface area (Å²) >= 11 is 0. The molecule has 0 aromatic carbocycles. The number of piperazine rings is 2. The van der Waals surface area contributed by atoms with Crippen molar-refractivity contribution in [1.82, 2.24) is 19.0 Å². The minimum absolute atomic E-state index is 0.105. The van der Waals surface area contributed by atoms with Crippen LogP contribution in [0.5, 0.6) is 0 Å². The van der Waals surface area contributed by atoms with Crippen LogP contribution in [0.2, 0.25) is 0 Å². The fourth-order valence-corrected chi connectivity index (χ4v) is 4.81. The number of nitrogens with zero attached hydrogens (tertiary/aromatic N) is 4. The Labute approximate surface area is 165 Å². The van der Waals surface area contributed by atoms with Crippen LogP contribution in [0.25, 0.3) is 0 Å². The molecule has 2 aliphatic rings. The molecule has 2 aliphatic heterocycles. The van der Waals surface area contributed by atoms with Crippen molar-refractivity contribution in [3.63, 3.8) is 0 Å². The molecule has 0 aromatic rings. The van der Waals surface area contributed by atoms with Gasteiger partial charge in [-0.15, -0.1) is 0 Å². The van der Waals surface area contributed by atoms with Crippen molar-refractivity contribution in [3.8, 4) is 0 Å². The highest BCUT2D eigenvalue weighted by atomic mass is 32.2. The second-order valence-electron chi connectivity index (χ2n) is 9.50. The third-order valence-electron chi connectivity index (χ3n) is 6.10. The lowest BCUT2D eigenvalue weighted by atomic mass is 9.94. The lowest BCUT2D eigenvalue weighted by molar-refractivity contribution is -0.134. The van der Waals surface area contributed by atoms with Crippen molar-refractivity contribution in [1.29, 1.82) is 0 Å². The van der Waals surface area contributed by atoms with Crippen LogP contribution in [0.1, 0.15) is 47.5 Å². The molecule has 0 aromatic heterocycles. The Morgan fingerprint density at radius 2 is 1.30 bits per heavy atom. The first-order chi connectivity index (χ1) is 12.3. The molecule has 0 spiro atoms. The number of carbonyl (C=O) groups excluding carboxylic acids is 1. The van der Waals surface area contributed by atoms with Crippen LogP contribution >= 0.6 is 0 Å². The fraction of sp³-hybridized carbons (Fsp3) is 0.947. The van der Waals surface area contributed by atoms with E-state index in [0.29, 0.717) is 19.5 Å². The standard InChI is InChI=1S/C19H38N4O3S/c1-18(2,3)21-11-9-20(10-12-21)17(24)7-8-19(4,5)22-13-15-23(16-14-22)27(6,25)26/h7-16H2,1-6H3. The molecule has 0 saturated carbocycles. The molecule has 0 unspecified atom stereocenters. The number of hydrogen-bond acceptors (Lipinski definition) is 5. The molecule has 0 bridgehead atoms. The van der Waals surface area contributed by atoms with E-state index in [1.54, 1.807) is 4.31 Å². The smallest absolute Gasteiger partial charge is 0.222 e. The van der Waals surface area contributed by atoms with Gasteiger partial charge in [-0.1, -0.05) is 0 Å². The SMILES string of the molecule is CC(C)(C)N1CCN(C(=O)CCC(C)(C)N2CCN(S(C)(=O)=O)CC2)CC1. The van der Waals surface area contributed by atoms with Crippen molar-refractivity contribution in [2.24, 2.45) is 0 Å². The molecule has 2 heterocycles. The molecule has 0 radical (unpaired) electrons. The van der Waals surface area contributed by atoms with Gasteiger partial charge in [0.1, 0.15) is 0 Å². The van der Waals surface area contributed by atoms with Gasteiger partial charge < -0.3 is 4.90 Å². The van der Waals surface area contributed by atoms with E-state index in [1.807, 2.05) is 4.90 Å². The van der Waals surface area contributed by atoms with E-state index >= 15 is 0 Å². The average Bonchev–Trinajstić information content (AvgIpc) is 2.58. The second-order valence-corrected chi connectivity index (χ2v) is 11.5. The van der Waals surface area contributed by atoms with E-state index in [4.69, 9.17) is 0 Å². The minimum atomic E-state index is -3.11. The van der Waals surface area contributed by atoms with Gasteiger partial charge in [0, 0.05) is 69.9 Å². The maximum absolute atomic E-state index is 12.7. The lowest BCUT2D eigenvalue weighted by Crippen LogP contribution is -2.56. The number of rotatable bonds is 5. The zero-order chi connectivity index (χ0) is 20.5. The van der Waals surface area contributed by atoms with Crippen LogP contribution < -0.4 is 0 Å². The van der Waals surface area contributed by atoms with Crippen LogP contribution in [-0.4, -0.2) is 103 Å². The molecule has 0 aliphatic carbocycles. The van der Waals surface area contributed by atoms with Crippen molar-refractivity contribution in [2.45, 2.75) is 58.5 Å². The number of carbonyl (C=O) groups is 1. The molecule has 158 valence electrons. The normalized spacial score (nSPS) is 22.2. The Bertz CT molecular complexity index is 611. The van der Waals surface area contributed by atoms with Gasteiger partial charge in [-0.05, 0) is 41.0 Å². The molecule has 27 heavy (non-hydrogen) atoms. The summed E-state index contributed by atoms with van der Waals surface area (Å²) in [6.07, 6.45) is 2.62. The largest absolute Gasteiger partial charge is 0.340 e. The van der Waals surface area contributed by atoms with Gasteiger partial charge >= 0.3 is 0 Å². The molecular weight excluding hydrogens is 364 g/mol. The average molecular weight is 403 g/mol. The maximum Gasteiger partial charge on any atom is 0.222 e. The van der Waals surface area contributed by atoms with E-state index < -0.39 is 10.0 Å². The number of hydrogen-bond donors (Lipinski definition) is 0. The Kier molecular flexibility index (Phi) is 6.98. The Hall–Kier alpha value is -0.700. The maximum atomic E-state index is 12.7. The van der Waals surface area contributed by atoms with E-state index in [9.17, 15) is 13.2 Å². The van der Waals surface area contributed by atoms with E-state index in [2.05, 4.69) is 44.4 Å². The first-order valence-electron chi connectivity index (χ1n) is 10.0. The highest BCUT2D eigenvalue weighted by molar-refractivity contribution is 7.88. The summed E-state index contributed by atoms with van der Waals surface area (Å²) in [6, 6.07) is 0. The van der Waals surface area contributed by atoms with Gasteiger partial charge in [-0.2, -0.15) is 4.31 Å². The van der Waals surface area contributed by atoms with Crippen molar-refractivity contribution in [2.75, 3.05) is 58.6 Å². The van der Waals surface area contributed by atoms with Gasteiger partial charge in [0.05, 0.1) is 6.26 Å². The van der Waals surface area contributed by atoms with Gasteiger partial charge in [0.2, 0.25) is 15.9 Å². The van der Waals surface area contributed by atoms with Gasteiger partial charge in [0.15, 0.2) is 0 Å². The predicted octanol–water partition coefficient (Wildman–Crippen LogP) is 1.07. The molecule has 1 amide bonds. The van der Waals surface area contributed by atoms with E-state index in [-0.39, 0.29) is 17.0 Å². The first kappa shape index (κ1) is 22.6.